The van der Waals surface area contributed by atoms with Crippen LogP contribution in [0.5, 0.6) is 0 Å². The van der Waals surface area contributed by atoms with Gasteiger partial charge in [-0.15, -0.1) is 6.58 Å². The first-order valence-electron chi connectivity index (χ1n) is 14.1. The van der Waals surface area contributed by atoms with Gasteiger partial charge in [0.25, 0.3) is 5.91 Å². The molecular weight excluding hydrogens is 588 g/mol. The fourth-order valence-corrected chi connectivity index (χ4v) is 7.92. The topological polar surface area (TPSA) is 96.4 Å². The number of aliphatic hydroxyl groups is 1. The van der Waals surface area contributed by atoms with Gasteiger partial charge in [0.1, 0.15) is 11.6 Å². The molecular formula is C32H37BrN2O6. The lowest BCUT2D eigenvalue weighted by Gasteiger charge is -2.39. The molecule has 5 rings (SSSR count). The maximum absolute atomic E-state index is 14.9. The van der Waals surface area contributed by atoms with Crippen molar-refractivity contribution < 1.29 is 29.0 Å². The van der Waals surface area contributed by atoms with Crippen molar-refractivity contribution in [3.05, 3.63) is 77.9 Å². The van der Waals surface area contributed by atoms with Gasteiger partial charge in [0, 0.05) is 17.1 Å². The molecule has 3 aliphatic rings. The van der Waals surface area contributed by atoms with Gasteiger partial charge in [-0.1, -0.05) is 64.5 Å². The van der Waals surface area contributed by atoms with E-state index in [-0.39, 0.29) is 36.4 Å². The number of amides is 2. The molecule has 0 radical (unpaired) electrons. The molecule has 218 valence electrons. The molecule has 7 atom stereocenters. The molecule has 0 aliphatic carbocycles. The molecule has 3 heterocycles. The van der Waals surface area contributed by atoms with Crippen LogP contribution in [0.4, 0.5) is 5.69 Å². The number of hydrogen-bond donors (Lipinski definition) is 1. The number of carbonyl (C=O) groups is 3. The molecule has 2 aromatic rings. The van der Waals surface area contributed by atoms with Gasteiger partial charge in [-0.05, 0) is 56.4 Å². The van der Waals surface area contributed by atoms with Gasteiger partial charge in [0.2, 0.25) is 5.91 Å². The van der Waals surface area contributed by atoms with Crippen molar-refractivity contribution in [1.82, 2.24) is 4.90 Å². The Morgan fingerprint density at radius 2 is 2.00 bits per heavy atom. The average Bonchev–Trinajstić information content (AvgIpc) is 3.55. The first-order chi connectivity index (χ1) is 19.7. The number of nitrogens with zero attached hydrogens (tertiary/aromatic N) is 2. The van der Waals surface area contributed by atoms with Gasteiger partial charge < -0.3 is 24.4 Å². The van der Waals surface area contributed by atoms with Crippen LogP contribution in [-0.4, -0.2) is 76.2 Å². The maximum atomic E-state index is 14.9. The Balaban J connectivity index is 1.65. The summed E-state index contributed by atoms with van der Waals surface area (Å²) in [7, 11) is 0. The summed E-state index contributed by atoms with van der Waals surface area (Å²) < 4.78 is 12.0. The molecule has 41 heavy (non-hydrogen) atoms. The molecule has 3 aliphatic heterocycles. The summed E-state index contributed by atoms with van der Waals surface area (Å²) in [4.78, 5) is 45.5. The van der Waals surface area contributed by atoms with Crippen LogP contribution in [0.3, 0.4) is 0 Å². The molecule has 1 N–H and O–H groups in total. The van der Waals surface area contributed by atoms with Crippen molar-refractivity contribution in [3.8, 4) is 0 Å². The first-order valence-corrected chi connectivity index (χ1v) is 15.0. The summed E-state index contributed by atoms with van der Waals surface area (Å²) in [6, 6.07) is 13.7. The summed E-state index contributed by atoms with van der Waals surface area (Å²) in [5, 5.41) is 10.7. The zero-order valence-corrected chi connectivity index (χ0v) is 25.2. The molecule has 0 saturated carbocycles. The van der Waals surface area contributed by atoms with E-state index in [9.17, 15) is 19.5 Å². The minimum atomic E-state index is -1.26. The van der Waals surface area contributed by atoms with Crippen LogP contribution < -0.4 is 4.90 Å². The van der Waals surface area contributed by atoms with E-state index >= 15 is 0 Å². The molecule has 2 amide bonds. The molecule has 1 unspecified atom stereocenters. The Labute approximate surface area is 249 Å². The van der Waals surface area contributed by atoms with Crippen LogP contribution in [0, 0.1) is 25.7 Å². The lowest BCUT2D eigenvalue weighted by molar-refractivity contribution is -0.155. The standard InChI is InChI=1S/C32H37BrN2O6/c1-5-14-34(24-15-19(3)12-13-20(24)4)30(38)28-32-17-23(33)27(41-32)25(31(39)40-6-2)26(32)29(37)35(28)22(18-36)16-21-10-8-7-9-11-21/h5,7-13,15,22-23,25-28,36H,1,6,14,16-18H2,2-4H3/t22-,23?,25-,26+,27-,28-,32+/m1/s1. The van der Waals surface area contributed by atoms with Gasteiger partial charge in [-0.2, -0.15) is 0 Å². The fourth-order valence-electron chi connectivity index (χ4n) is 6.98. The van der Waals surface area contributed by atoms with E-state index in [2.05, 4.69) is 22.5 Å². The molecule has 3 saturated heterocycles. The van der Waals surface area contributed by atoms with Crippen LogP contribution in [0.15, 0.2) is 61.2 Å². The van der Waals surface area contributed by atoms with Crippen molar-refractivity contribution in [2.24, 2.45) is 11.8 Å². The molecule has 2 bridgehead atoms. The summed E-state index contributed by atoms with van der Waals surface area (Å²) >= 11 is 3.69. The van der Waals surface area contributed by atoms with E-state index < -0.39 is 41.6 Å². The predicted molar refractivity (Wildman–Crippen MR) is 159 cm³/mol. The number of likely N-dealkylation sites (tertiary alicyclic amines) is 1. The largest absolute Gasteiger partial charge is 0.466 e. The fraction of sp³-hybridized carbons (Fsp3) is 0.469. The van der Waals surface area contributed by atoms with Gasteiger partial charge >= 0.3 is 5.97 Å². The Morgan fingerprint density at radius 3 is 2.66 bits per heavy atom. The monoisotopic (exact) mass is 624 g/mol. The number of halogens is 1. The number of fused-ring (bicyclic) bond motifs is 1. The maximum Gasteiger partial charge on any atom is 0.312 e. The van der Waals surface area contributed by atoms with Gasteiger partial charge in [0.15, 0.2) is 0 Å². The minimum Gasteiger partial charge on any atom is -0.466 e. The Hall–Kier alpha value is -3.01. The highest BCUT2D eigenvalue weighted by atomic mass is 79.9. The van der Waals surface area contributed by atoms with Crippen molar-refractivity contribution in [1.29, 1.82) is 0 Å². The van der Waals surface area contributed by atoms with E-state index in [1.54, 1.807) is 17.9 Å². The molecule has 2 aromatic carbocycles. The number of hydrogen-bond acceptors (Lipinski definition) is 6. The van der Waals surface area contributed by atoms with Crippen LogP contribution in [0.25, 0.3) is 0 Å². The number of aryl methyl sites for hydroxylation is 2. The third-order valence-corrected chi connectivity index (χ3v) is 9.52. The van der Waals surface area contributed by atoms with E-state index in [1.165, 1.54) is 4.90 Å². The minimum absolute atomic E-state index is 0.169. The SMILES string of the molecule is C=CCN(C(=O)[C@H]1N([C@@H](CO)Cc2ccccc2)C(=O)[C@@H]2[C@@H](C(=O)OCC)[C@@H]3O[C@@]21CC3Br)c1cc(C)ccc1C. The summed E-state index contributed by atoms with van der Waals surface area (Å²) in [6.45, 7) is 9.54. The quantitative estimate of drug-likeness (QED) is 0.246. The number of aliphatic hydroxyl groups excluding tert-OH is 1. The van der Waals surface area contributed by atoms with Gasteiger partial charge in [-0.3, -0.25) is 14.4 Å². The molecule has 3 fully saturated rings. The molecule has 0 aromatic heterocycles. The van der Waals surface area contributed by atoms with Gasteiger partial charge in [-0.25, -0.2) is 0 Å². The van der Waals surface area contributed by atoms with Crippen molar-refractivity contribution in [2.75, 3.05) is 24.7 Å². The number of anilines is 1. The molecule has 1 spiro atoms. The second kappa shape index (κ2) is 11.7. The predicted octanol–water partition coefficient (Wildman–Crippen LogP) is 3.74. The van der Waals surface area contributed by atoms with E-state index in [1.807, 2.05) is 62.4 Å². The average molecular weight is 626 g/mol. The highest BCUT2D eigenvalue weighted by Gasteiger charge is 2.77. The van der Waals surface area contributed by atoms with Gasteiger partial charge in [0.05, 0.1) is 37.2 Å². The number of rotatable bonds is 10. The Kier molecular flexibility index (Phi) is 8.41. The normalized spacial score (nSPS) is 28.9. The number of benzene rings is 2. The second-order valence-electron chi connectivity index (χ2n) is 11.2. The van der Waals surface area contributed by atoms with Crippen molar-refractivity contribution in [3.63, 3.8) is 0 Å². The third kappa shape index (κ3) is 4.91. The number of ether oxygens (including phenoxy) is 2. The van der Waals surface area contributed by atoms with Crippen molar-refractivity contribution in [2.45, 2.75) is 62.2 Å². The second-order valence-corrected chi connectivity index (χ2v) is 12.4. The first kappa shape index (κ1) is 29.5. The molecule has 8 nitrogen and oxygen atoms in total. The smallest absolute Gasteiger partial charge is 0.312 e. The summed E-state index contributed by atoms with van der Waals surface area (Å²) in [5.74, 6) is -2.95. The van der Waals surface area contributed by atoms with Crippen LogP contribution >= 0.6 is 15.9 Å². The number of carbonyl (C=O) groups excluding carboxylic acids is 3. The third-order valence-electron chi connectivity index (χ3n) is 8.67. The van der Waals surface area contributed by atoms with E-state index in [0.717, 1.165) is 22.4 Å². The number of alkyl halides is 1. The lowest BCUT2D eigenvalue weighted by atomic mass is 9.70. The summed E-state index contributed by atoms with van der Waals surface area (Å²) in [6.07, 6.45) is 1.77. The lowest BCUT2D eigenvalue weighted by Crippen LogP contribution is -2.59. The van der Waals surface area contributed by atoms with Crippen LogP contribution in [-0.2, 0) is 30.3 Å². The molecule has 9 heteroatoms. The van der Waals surface area contributed by atoms with E-state index in [4.69, 9.17) is 9.47 Å². The van der Waals surface area contributed by atoms with Crippen LogP contribution in [0.2, 0.25) is 0 Å². The zero-order valence-electron chi connectivity index (χ0n) is 23.7. The van der Waals surface area contributed by atoms with E-state index in [0.29, 0.717) is 12.8 Å². The summed E-state index contributed by atoms with van der Waals surface area (Å²) in [5.41, 5.74) is 2.27. The zero-order chi connectivity index (χ0) is 29.5. The van der Waals surface area contributed by atoms with Crippen LogP contribution in [0.1, 0.15) is 30.0 Å². The Morgan fingerprint density at radius 1 is 1.27 bits per heavy atom. The van der Waals surface area contributed by atoms with Crippen molar-refractivity contribution >= 4 is 39.4 Å². The Bertz CT molecular complexity index is 1330. The number of esters is 1. The highest BCUT2D eigenvalue weighted by Crippen LogP contribution is 2.61. The highest BCUT2D eigenvalue weighted by molar-refractivity contribution is 9.09.